The van der Waals surface area contributed by atoms with E-state index in [9.17, 15) is 14.4 Å². The molecular formula is C55H81Cl2N15O9. The Hall–Kier alpha value is -6.05. The molecule has 24 nitrogen and oxygen atoms in total. The Morgan fingerprint density at radius 1 is 0.432 bits per heavy atom. The fourth-order valence-corrected chi connectivity index (χ4v) is 9.67. The number of carbonyl (C=O) groups is 3. The molecule has 0 bridgehead atoms. The second-order valence-corrected chi connectivity index (χ2v) is 23.8. The third kappa shape index (κ3) is 17.7. The molecule has 26 heteroatoms. The summed E-state index contributed by atoms with van der Waals surface area (Å²) in [4.78, 5) is 82.8. The molecule has 7 fully saturated rings. The number of amides is 3. The Balaban J connectivity index is 0.000000157. The molecular weight excluding hydrogens is 1090 g/mol. The van der Waals surface area contributed by atoms with Gasteiger partial charge in [-0.15, -0.1) is 12.4 Å². The van der Waals surface area contributed by atoms with E-state index in [4.69, 9.17) is 40.0 Å². The number of anilines is 3. The number of nitrogens with one attached hydrogen (secondary N) is 1. The SMILES string of the molecule is CC(C)(C)OC(=O)N1CC(c2nccnc2Cl)C1.CC(C)(C)OC(=O)N1CC(c2nccnc2N2CCOCC2)C1.CC(C)(C)OC(=O)N1CC(c2nccnc2N2CCOCC2)C1.Cl.c1cnc(N2CCOCC2)c(C2CNC2)n1. The number of nitrogens with zero attached hydrogens (tertiary/aromatic N) is 14. The first-order valence-electron chi connectivity index (χ1n) is 27.7. The predicted octanol–water partition coefficient (Wildman–Crippen LogP) is 6.18. The number of ether oxygens (including phenoxy) is 6. The standard InChI is InChI=1S/2C16H24N4O3.C12H16ClN3O2.C11H16N4O.ClH/c2*1-16(2,3)23-15(21)20-10-12(11-20)13-14(18-5-4-17-13)19-6-8-22-9-7-19;1-12(2,3)18-11(17)16-6-8(7-16)9-10(13)15-5-4-14-9;1-2-14-11(15-3-5-16-6-4-15)10(13-1)9-7-12-8-9;/h2*4-5,12H,6-11H2,1-3H3;4-5,8H,6-7H2,1-3H3;1-2,9,12H,3-8H2;1H. The van der Waals surface area contributed by atoms with Gasteiger partial charge >= 0.3 is 18.3 Å². The number of halogens is 2. The lowest BCUT2D eigenvalue weighted by atomic mass is 9.96. The van der Waals surface area contributed by atoms with Crippen LogP contribution in [-0.4, -0.2) is 221 Å². The molecule has 444 valence electrons. The zero-order valence-corrected chi connectivity index (χ0v) is 49.9. The van der Waals surface area contributed by atoms with Gasteiger partial charge in [-0.05, 0) is 62.3 Å². The fraction of sp³-hybridized carbons (Fsp3) is 0.655. The van der Waals surface area contributed by atoms with Crippen molar-refractivity contribution in [1.82, 2.24) is 59.9 Å². The van der Waals surface area contributed by atoms with Gasteiger partial charge in [-0.3, -0.25) is 19.9 Å². The Morgan fingerprint density at radius 2 is 0.691 bits per heavy atom. The number of hydrogen-bond donors (Lipinski definition) is 1. The van der Waals surface area contributed by atoms with E-state index in [-0.39, 0.29) is 48.4 Å². The highest BCUT2D eigenvalue weighted by Crippen LogP contribution is 2.35. The molecule has 0 saturated carbocycles. The number of rotatable bonds is 7. The van der Waals surface area contributed by atoms with Gasteiger partial charge in [0.2, 0.25) is 0 Å². The molecule has 0 radical (unpaired) electrons. The summed E-state index contributed by atoms with van der Waals surface area (Å²) in [6.07, 6.45) is 12.8. The zero-order chi connectivity index (χ0) is 57.0. The molecule has 7 saturated heterocycles. The maximum absolute atomic E-state index is 12.0. The molecule has 0 atom stereocenters. The second-order valence-electron chi connectivity index (χ2n) is 23.4. The van der Waals surface area contributed by atoms with Crippen LogP contribution in [-0.2, 0) is 28.4 Å². The average Bonchev–Trinajstić information content (AvgIpc) is 3.39. The largest absolute Gasteiger partial charge is 0.444 e. The van der Waals surface area contributed by atoms with Gasteiger partial charge in [-0.25, -0.2) is 34.3 Å². The summed E-state index contributed by atoms with van der Waals surface area (Å²) in [5, 5.41) is 3.69. The van der Waals surface area contributed by atoms with Gasteiger partial charge < -0.3 is 63.1 Å². The highest BCUT2D eigenvalue weighted by molar-refractivity contribution is 6.30. The van der Waals surface area contributed by atoms with Crippen LogP contribution < -0.4 is 20.0 Å². The Labute approximate surface area is 486 Å². The van der Waals surface area contributed by atoms with Crippen LogP contribution in [0, 0.1) is 0 Å². The van der Waals surface area contributed by atoms with Gasteiger partial charge in [0.05, 0.1) is 62.4 Å². The summed E-state index contributed by atoms with van der Waals surface area (Å²) in [6, 6.07) is 0. The lowest BCUT2D eigenvalue weighted by Crippen LogP contribution is -2.51. The molecule has 4 aromatic rings. The van der Waals surface area contributed by atoms with Crippen LogP contribution in [0.3, 0.4) is 0 Å². The van der Waals surface area contributed by atoms with Crippen molar-refractivity contribution in [2.75, 3.05) is 146 Å². The van der Waals surface area contributed by atoms with Gasteiger partial charge in [0.15, 0.2) is 22.6 Å². The molecule has 0 unspecified atom stereocenters. The quantitative estimate of drug-likeness (QED) is 0.203. The van der Waals surface area contributed by atoms with E-state index >= 15 is 0 Å². The molecule has 7 aliphatic heterocycles. The minimum atomic E-state index is -0.466. The lowest BCUT2D eigenvalue weighted by molar-refractivity contribution is 0.00693. The molecule has 0 spiro atoms. The Morgan fingerprint density at radius 3 is 0.963 bits per heavy atom. The van der Waals surface area contributed by atoms with E-state index in [1.807, 2.05) is 62.3 Å². The fourth-order valence-electron chi connectivity index (χ4n) is 9.41. The van der Waals surface area contributed by atoms with Crippen LogP contribution >= 0.6 is 24.0 Å². The highest BCUT2D eigenvalue weighted by Gasteiger charge is 2.40. The molecule has 4 aromatic heterocycles. The van der Waals surface area contributed by atoms with E-state index < -0.39 is 16.8 Å². The number of aromatic nitrogens is 8. The van der Waals surface area contributed by atoms with Crippen molar-refractivity contribution in [3.63, 3.8) is 0 Å². The Kier molecular flexibility index (Phi) is 21.8. The molecule has 11 rings (SSSR count). The van der Waals surface area contributed by atoms with E-state index in [2.05, 4.69) is 59.9 Å². The molecule has 7 aliphatic rings. The van der Waals surface area contributed by atoms with E-state index in [0.29, 0.717) is 76.8 Å². The summed E-state index contributed by atoms with van der Waals surface area (Å²) < 4.78 is 32.2. The van der Waals surface area contributed by atoms with Crippen molar-refractivity contribution < 1.29 is 42.8 Å². The summed E-state index contributed by atoms with van der Waals surface area (Å²) in [5.41, 5.74) is 2.43. The van der Waals surface area contributed by atoms with Crippen molar-refractivity contribution in [3.05, 3.63) is 77.5 Å². The van der Waals surface area contributed by atoms with Crippen LogP contribution in [0.5, 0.6) is 0 Å². The number of likely N-dealkylation sites (tertiary alicyclic amines) is 3. The molecule has 11 heterocycles. The van der Waals surface area contributed by atoms with Crippen molar-refractivity contribution >= 4 is 59.7 Å². The molecule has 81 heavy (non-hydrogen) atoms. The van der Waals surface area contributed by atoms with Crippen molar-refractivity contribution in [2.24, 2.45) is 0 Å². The summed E-state index contributed by atoms with van der Waals surface area (Å²) >= 11 is 5.96. The number of carbonyl (C=O) groups excluding carboxylic acids is 3. The first-order chi connectivity index (χ1) is 38.2. The van der Waals surface area contributed by atoms with Gasteiger partial charge in [-0.2, -0.15) is 0 Å². The van der Waals surface area contributed by atoms with Crippen LogP contribution in [0.2, 0.25) is 5.15 Å². The topological polar surface area (TPSA) is 241 Å². The van der Waals surface area contributed by atoms with Crippen molar-refractivity contribution in [2.45, 2.75) is 103 Å². The van der Waals surface area contributed by atoms with Crippen LogP contribution in [0.15, 0.2) is 49.6 Å². The van der Waals surface area contributed by atoms with Crippen LogP contribution in [0.1, 0.15) is 109 Å². The summed E-state index contributed by atoms with van der Waals surface area (Å²) in [5.74, 6) is 4.01. The minimum Gasteiger partial charge on any atom is -0.444 e. The maximum atomic E-state index is 12.0. The number of morpholine rings is 3. The number of hydrogen-bond acceptors (Lipinski definition) is 21. The maximum Gasteiger partial charge on any atom is 0.410 e. The second kappa shape index (κ2) is 28.3. The summed E-state index contributed by atoms with van der Waals surface area (Å²) in [6.45, 7) is 32.1. The lowest BCUT2D eigenvalue weighted by Gasteiger charge is -2.40. The molecule has 0 aliphatic carbocycles. The van der Waals surface area contributed by atoms with Crippen LogP contribution in [0.4, 0.5) is 31.8 Å². The first kappa shape index (κ1) is 62.5. The minimum absolute atomic E-state index is 0. The predicted molar refractivity (Wildman–Crippen MR) is 307 cm³/mol. The van der Waals surface area contributed by atoms with Gasteiger partial charge in [0.1, 0.15) is 16.8 Å². The third-order valence-electron chi connectivity index (χ3n) is 13.7. The van der Waals surface area contributed by atoms with Crippen LogP contribution in [0.25, 0.3) is 0 Å². The average molecular weight is 1170 g/mol. The van der Waals surface area contributed by atoms with Crippen molar-refractivity contribution in [1.29, 1.82) is 0 Å². The first-order valence-corrected chi connectivity index (χ1v) is 28.1. The van der Waals surface area contributed by atoms with Gasteiger partial charge in [0, 0.05) is 165 Å². The van der Waals surface area contributed by atoms with Gasteiger partial charge in [-0.1, -0.05) is 11.6 Å². The monoisotopic (exact) mass is 1170 g/mol. The van der Waals surface area contributed by atoms with Gasteiger partial charge in [0.25, 0.3) is 0 Å². The zero-order valence-electron chi connectivity index (χ0n) is 48.3. The molecule has 0 aromatic carbocycles. The van der Waals surface area contributed by atoms with E-state index in [0.717, 1.165) is 106 Å². The Bertz CT molecular complexity index is 2560. The normalized spacial score (nSPS) is 19.0. The third-order valence-corrected chi connectivity index (χ3v) is 13.9. The van der Waals surface area contributed by atoms with E-state index in [1.165, 1.54) is 0 Å². The van der Waals surface area contributed by atoms with E-state index in [1.54, 1.807) is 64.3 Å². The molecule has 1 N–H and O–H groups in total. The smallest absolute Gasteiger partial charge is 0.410 e. The van der Waals surface area contributed by atoms with Crippen molar-refractivity contribution in [3.8, 4) is 0 Å². The molecule has 3 amide bonds. The highest BCUT2D eigenvalue weighted by atomic mass is 35.5. The summed E-state index contributed by atoms with van der Waals surface area (Å²) in [7, 11) is 0.